The number of fused-ring (bicyclic) bond motifs is 1. The van der Waals surface area contributed by atoms with Crippen molar-refractivity contribution in [2.75, 3.05) is 6.54 Å². The zero-order valence-corrected chi connectivity index (χ0v) is 9.61. The molecule has 0 amide bonds. The lowest BCUT2D eigenvalue weighted by atomic mass is 9.95. The summed E-state index contributed by atoms with van der Waals surface area (Å²) in [6.07, 6.45) is 0.826. The summed E-state index contributed by atoms with van der Waals surface area (Å²) in [7, 11) is 0. The third-order valence-electron chi connectivity index (χ3n) is 3.05. The molecule has 4 N–H and O–H groups in total. The Bertz CT molecular complexity index is 491. The molecular weight excluding hydrogens is 196 g/mol. The quantitative estimate of drug-likeness (QED) is 0.824. The van der Waals surface area contributed by atoms with Crippen LogP contribution in [-0.4, -0.2) is 6.54 Å². The fourth-order valence-corrected chi connectivity index (χ4v) is 2.13. The molecule has 2 nitrogen and oxygen atoms in total. The topological polar surface area (TPSA) is 52.0 Å². The van der Waals surface area contributed by atoms with Crippen molar-refractivity contribution in [2.24, 2.45) is 11.5 Å². The fourth-order valence-electron chi connectivity index (χ4n) is 2.13. The Labute approximate surface area is 96.3 Å². The van der Waals surface area contributed by atoms with Gasteiger partial charge in [-0.05, 0) is 41.8 Å². The van der Waals surface area contributed by atoms with Crippen molar-refractivity contribution in [2.45, 2.75) is 19.4 Å². The minimum absolute atomic E-state index is 0.0375. The molecule has 2 aromatic rings. The summed E-state index contributed by atoms with van der Waals surface area (Å²) in [6, 6.07) is 12.7. The van der Waals surface area contributed by atoms with Gasteiger partial charge in [0.25, 0.3) is 0 Å². The van der Waals surface area contributed by atoms with Crippen molar-refractivity contribution >= 4 is 10.8 Å². The zero-order chi connectivity index (χ0) is 11.5. The van der Waals surface area contributed by atoms with Gasteiger partial charge in [-0.25, -0.2) is 0 Å². The average molecular weight is 214 g/mol. The number of aryl methyl sites for hydroxylation is 1. The van der Waals surface area contributed by atoms with E-state index < -0.39 is 0 Å². The van der Waals surface area contributed by atoms with Gasteiger partial charge in [-0.15, -0.1) is 0 Å². The predicted molar refractivity (Wildman–Crippen MR) is 69.3 cm³/mol. The summed E-state index contributed by atoms with van der Waals surface area (Å²) in [5.74, 6) is 0. The lowest BCUT2D eigenvalue weighted by molar-refractivity contribution is 0.666. The van der Waals surface area contributed by atoms with Crippen molar-refractivity contribution in [3.05, 3.63) is 47.5 Å². The summed E-state index contributed by atoms with van der Waals surface area (Å²) in [6.45, 7) is 2.75. The van der Waals surface area contributed by atoms with Crippen LogP contribution in [0.4, 0.5) is 0 Å². The van der Waals surface area contributed by atoms with E-state index in [1.54, 1.807) is 0 Å². The molecule has 0 radical (unpaired) electrons. The molecule has 2 rings (SSSR count). The van der Waals surface area contributed by atoms with Crippen LogP contribution in [0, 0.1) is 6.92 Å². The average Bonchev–Trinajstić information content (AvgIpc) is 2.30. The maximum absolute atomic E-state index is 6.14. The Morgan fingerprint density at radius 2 is 1.75 bits per heavy atom. The number of nitrogens with two attached hydrogens (primary N) is 2. The van der Waals surface area contributed by atoms with E-state index in [4.69, 9.17) is 11.5 Å². The van der Waals surface area contributed by atoms with E-state index in [0.29, 0.717) is 6.54 Å². The smallest absolute Gasteiger partial charge is 0.0313 e. The Hall–Kier alpha value is -1.38. The highest BCUT2D eigenvalue weighted by Crippen LogP contribution is 2.26. The van der Waals surface area contributed by atoms with E-state index in [1.807, 2.05) is 0 Å². The SMILES string of the molecule is Cc1ccc([C@@H](N)CCN)c2ccccc12. The van der Waals surface area contributed by atoms with Gasteiger partial charge in [0.2, 0.25) is 0 Å². The highest BCUT2D eigenvalue weighted by molar-refractivity contribution is 5.88. The standard InChI is InChI=1S/C14H18N2/c1-10-6-7-13(14(16)8-9-15)12-5-3-2-4-11(10)12/h2-7,14H,8-9,15-16H2,1H3/t14-/m0/s1. The lowest BCUT2D eigenvalue weighted by Crippen LogP contribution is -2.15. The van der Waals surface area contributed by atoms with Gasteiger partial charge in [0.1, 0.15) is 0 Å². The molecule has 84 valence electrons. The summed E-state index contributed by atoms with van der Waals surface area (Å²) >= 11 is 0. The van der Waals surface area contributed by atoms with Crippen LogP contribution in [0.2, 0.25) is 0 Å². The van der Waals surface area contributed by atoms with E-state index in [9.17, 15) is 0 Å². The minimum Gasteiger partial charge on any atom is -0.330 e. The third kappa shape index (κ3) is 1.94. The maximum atomic E-state index is 6.14. The molecule has 1 atom stereocenters. The van der Waals surface area contributed by atoms with E-state index >= 15 is 0 Å². The minimum atomic E-state index is 0.0375. The number of hydrogen-bond acceptors (Lipinski definition) is 2. The zero-order valence-electron chi connectivity index (χ0n) is 9.61. The van der Waals surface area contributed by atoms with Crippen LogP contribution in [0.15, 0.2) is 36.4 Å². The van der Waals surface area contributed by atoms with E-state index in [-0.39, 0.29) is 6.04 Å². The highest BCUT2D eigenvalue weighted by atomic mass is 14.7. The second-order valence-corrected chi connectivity index (χ2v) is 4.20. The molecule has 2 aromatic carbocycles. The summed E-state index contributed by atoms with van der Waals surface area (Å²) in [4.78, 5) is 0. The Balaban J connectivity index is 2.58. The normalized spacial score (nSPS) is 12.9. The first-order valence-corrected chi connectivity index (χ1v) is 5.68. The molecule has 16 heavy (non-hydrogen) atoms. The van der Waals surface area contributed by atoms with E-state index in [1.165, 1.54) is 21.9 Å². The van der Waals surface area contributed by atoms with E-state index in [0.717, 1.165) is 6.42 Å². The fraction of sp³-hybridized carbons (Fsp3) is 0.286. The first kappa shape index (κ1) is 11.1. The first-order valence-electron chi connectivity index (χ1n) is 5.68. The van der Waals surface area contributed by atoms with Gasteiger partial charge in [0, 0.05) is 6.04 Å². The number of benzene rings is 2. The molecule has 0 heterocycles. The summed E-state index contributed by atoms with van der Waals surface area (Å²) in [5.41, 5.74) is 14.2. The van der Waals surface area contributed by atoms with Gasteiger partial charge >= 0.3 is 0 Å². The first-order chi connectivity index (χ1) is 7.74. The lowest BCUT2D eigenvalue weighted by Gasteiger charge is -2.15. The van der Waals surface area contributed by atoms with Gasteiger partial charge in [-0.3, -0.25) is 0 Å². The van der Waals surface area contributed by atoms with Crippen LogP contribution < -0.4 is 11.5 Å². The molecule has 0 unspecified atom stereocenters. The van der Waals surface area contributed by atoms with Crippen molar-refractivity contribution in [1.82, 2.24) is 0 Å². The van der Waals surface area contributed by atoms with Crippen LogP contribution in [0.25, 0.3) is 10.8 Å². The molecule has 0 aliphatic rings. The van der Waals surface area contributed by atoms with Crippen LogP contribution in [0.1, 0.15) is 23.6 Å². The van der Waals surface area contributed by atoms with Crippen molar-refractivity contribution in [1.29, 1.82) is 0 Å². The Morgan fingerprint density at radius 1 is 1.06 bits per heavy atom. The monoisotopic (exact) mass is 214 g/mol. The Morgan fingerprint density at radius 3 is 2.44 bits per heavy atom. The number of hydrogen-bond donors (Lipinski definition) is 2. The Kier molecular flexibility index (Phi) is 3.22. The van der Waals surface area contributed by atoms with Crippen molar-refractivity contribution < 1.29 is 0 Å². The van der Waals surface area contributed by atoms with Crippen LogP contribution in [0.5, 0.6) is 0 Å². The van der Waals surface area contributed by atoms with Crippen molar-refractivity contribution in [3.8, 4) is 0 Å². The molecule has 0 aliphatic carbocycles. The second-order valence-electron chi connectivity index (χ2n) is 4.20. The molecule has 0 fully saturated rings. The summed E-state index contributed by atoms with van der Waals surface area (Å²) < 4.78 is 0. The molecule has 0 saturated heterocycles. The summed E-state index contributed by atoms with van der Waals surface area (Å²) in [5, 5.41) is 2.54. The largest absolute Gasteiger partial charge is 0.330 e. The van der Waals surface area contributed by atoms with Crippen molar-refractivity contribution in [3.63, 3.8) is 0 Å². The van der Waals surface area contributed by atoms with Gasteiger partial charge < -0.3 is 11.5 Å². The third-order valence-corrected chi connectivity index (χ3v) is 3.05. The van der Waals surface area contributed by atoms with Gasteiger partial charge in [0.15, 0.2) is 0 Å². The van der Waals surface area contributed by atoms with Gasteiger partial charge in [-0.2, -0.15) is 0 Å². The predicted octanol–water partition coefficient (Wildman–Crippen LogP) is 2.50. The van der Waals surface area contributed by atoms with Gasteiger partial charge in [-0.1, -0.05) is 36.4 Å². The van der Waals surface area contributed by atoms with Crippen LogP contribution in [-0.2, 0) is 0 Å². The van der Waals surface area contributed by atoms with Crippen LogP contribution >= 0.6 is 0 Å². The highest BCUT2D eigenvalue weighted by Gasteiger charge is 2.09. The molecule has 2 heteroatoms. The second kappa shape index (κ2) is 4.64. The molecule has 0 bridgehead atoms. The van der Waals surface area contributed by atoms with Crippen LogP contribution in [0.3, 0.4) is 0 Å². The van der Waals surface area contributed by atoms with Gasteiger partial charge in [0.05, 0.1) is 0 Å². The molecular formula is C14H18N2. The molecule has 0 aliphatic heterocycles. The van der Waals surface area contributed by atoms with E-state index in [2.05, 4.69) is 43.3 Å². The molecule has 0 saturated carbocycles. The maximum Gasteiger partial charge on any atom is 0.0313 e. The molecule has 0 aromatic heterocycles. The molecule has 0 spiro atoms. The number of rotatable bonds is 3.